The molecule has 0 unspecified atom stereocenters. The fourth-order valence-electron chi connectivity index (χ4n) is 3.22. The van der Waals surface area contributed by atoms with Crippen molar-refractivity contribution in [3.05, 3.63) is 46.5 Å². The summed E-state index contributed by atoms with van der Waals surface area (Å²) >= 11 is 0. The highest BCUT2D eigenvalue weighted by Gasteiger charge is 2.46. The predicted molar refractivity (Wildman–Crippen MR) is 100 cm³/mol. The van der Waals surface area contributed by atoms with Gasteiger partial charge in [-0.15, -0.1) is 13.2 Å². The number of nitrogens with zero attached hydrogens (tertiary/aromatic N) is 3. The second kappa shape index (κ2) is 8.05. The number of aromatic nitrogens is 2. The first-order valence-electron chi connectivity index (χ1n) is 9.12. The highest BCUT2D eigenvalue weighted by molar-refractivity contribution is 5.85. The smallest absolute Gasteiger partial charge is 0.357 e. The number of alkyl halides is 3. The van der Waals surface area contributed by atoms with Crippen LogP contribution in [-0.2, 0) is 16.6 Å². The van der Waals surface area contributed by atoms with Gasteiger partial charge in [0.05, 0.1) is 11.6 Å². The van der Waals surface area contributed by atoms with Crippen LogP contribution in [0.2, 0.25) is 0 Å². The van der Waals surface area contributed by atoms with Gasteiger partial charge < -0.3 is 10.2 Å². The Morgan fingerprint density at radius 2 is 1.93 bits per heavy atom. The minimum atomic E-state index is -4.76. The molecule has 0 aliphatic carbocycles. The number of hydrogen-bond acceptors (Lipinski definition) is 5. The zero-order chi connectivity index (χ0) is 22.2. The topological polar surface area (TPSA) is 76.5 Å². The molecule has 1 aromatic carbocycles. The highest BCUT2D eigenvalue weighted by atomic mass is 19.4. The van der Waals surface area contributed by atoms with Gasteiger partial charge in [0.25, 0.3) is 5.56 Å². The lowest BCUT2D eigenvalue weighted by Gasteiger charge is -2.46. The van der Waals surface area contributed by atoms with Crippen LogP contribution in [0, 0.1) is 5.82 Å². The Labute approximate surface area is 169 Å². The number of nitrogens with one attached hydrogen (secondary N) is 1. The van der Waals surface area contributed by atoms with Gasteiger partial charge in [0.1, 0.15) is 23.8 Å². The monoisotopic (exact) mass is 428 g/mol. The van der Waals surface area contributed by atoms with Gasteiger partial charge in [-0.05, 0) is 37.6 Å². The molecule has 1 aliphatic rings. The summed E-state index contributed by atoms with van der Waals surface area (Å²) in [6, 6.07) is 5.24. The normalized spacial score (nSPS) is 19.9. The first kappa shape index (κ1) is 21.8. The van der Waals surface area contributed by atoms with Crippen LogP contribution in [0.15, 0.2) is 35.1 Å². The molecule has 0 spiro atoms. The number of carbonyl (C=O) groups is 1. The van der Waals surface area contributed by atoms with Crippen molar-refractivity contribution in [1.82, 2.24) is 14.7 Å². The molecule has 30 heavy (non-hydrogen) atoms. The lowest BCUT2D eigenvalue weighted by Crippen LogP contribution is -2.64. The van der Waals surface area contributed by atoms with E-state index >= 15 is 0 Å². The Balaban J connectivity index is 1.72. The van der Waals surface area contributed by atoms with E-state index in [2.05, 4.69) is 15.2 Å². The van der Waals surface area contributed by atoms with Crippen LogP contribution >= 0.6 is 0 Å². The molecule has 11 heteroatoms. The molecule has 0 bridgehead atoms. The third-order valence-corrected chi connectivity index (χ3v) is 4.93. The molecule has 162 valence electrons. The fraction of sp³-hybridized carbons (Fsp3) is 0.421. The van der Waals surface area contributed by atoms with Crippen LogP contribution in [0.3, 0.4) is 0 Å². The van der Waals surface area contributed by atoms with Crippen molar-refractivity contribution < 1.29 is 27.1 Å². The fourth-order valence-corrected chi connectivity index (χ4v) is 3.22. The molecular weight excluding hydrogens is 408 g/mol. The van der Waals surface area contributed by atoms with Crippen LogP contribution in [0.25, 0.3) is 11.1 Å². The molecule has 3 rings (SSSR count). The van der Waals surface area contributed by atoms with Gasteiger partial charge in [0.15, 0.2) is 0 Å². The van der Waals surface area contributed by atoms with Gasteiger partial charge in [-0.3, -0.25) is 14.3 Å². The Kier molecular flexibility index (Phi) is 5.84. The zero-order valence-electron chi connectivity index (χ0n) is 16.4. The molecule has 3 atom stereocenters. The summed E-state index contributed by atoms with van der Waals surface area (Å²) in [5.41, 5.74) is 0.324. The van der Waals surface area contributed by atoms with E-state index in [4.69, 9.17) is 0 Å². The summed E-state index contributed by atoms with van der Waals surface area (Å²) in [5.74, 6) is -0.657. The first-order valence-corrected chi connectivity index (χ1v) is 9.12. The molecular formula is C19H20F4N4O3. The van der Waals surface area contributed by atoms with E-state index in [0.29, 0.717) is 5.56 Å². The number of halogens is 4. The van der Waals surface area contributed by atoms with Crippen LogP contribution in [0.5, 0.6) is 0 Å². The number of amides is 1. The van der Waals surface area contributed by atoms with Crippen molar-refractivity contribution in [3.63, 3.8) is 0 Å². The Hall–Kier alpha value is -2.95. The van der Waals surface area contributed by atoms with Crippen LogP contribution < -0.4 is 10.9 Å². The minimum absolute atomic E-state index is 0.174. The minimum Gasteiger partial charge on any atom is -0.357 e. The predicted octanol–water partition coefficient (Wildman–Crippen LogP) is 2.52. The average molecular weight is 428 g/mol. The van der Waals surface area contributed by atoms with Crippen molar-refractivity contribution in [1.29, 1.82) is 0 Å². The molecule has 2 heterocycles. The van der Waals surface area contributed by atoms with Gasteiger partial charge in [0, 0.05) is 13.6 Å². The van der Waals surface area contributed by atoms with Crippen LogP contribution in [0.4, 0.5) is 23.4 Å². The molecule has 0 radical (unpaired) electrons. The summed E-state index contributed by atoms with van der Waals surface area (Å²) in [5, 5.41) is 6.92. The quantitative estimate of drug-likeness (QED) is 0.741. The highest BCUT2D eigenvalue weighted by Crippen LogP contribution is 2.29. The number of likely N-dealkylation sites (tertiary alicyclic amines) is 1. The molecule has 0 saturated carbocycles. The maximum Gasteiger partial charge on any atom is 0.522 e. The molecule has 2 aromatic rings. The lowest BCUT2D eigenvalue weighted by atomic mass is 10.00. The first-order chi connectivity index (χ1) is 14.0. The van der Waals surface area contributed by atoms with E-state index in [0.717, 1.165) is 4.68 Å². The number of ether oxygens (including phenoxy) is 1. The van der Waals surface area contributed by atoms with E-state index in [1.807, 2.05) is 0 Å². The third kappa shape index (κ3) is 4.61. The Morgan fingerprint density at radius 1 is 1.30 bits per heavy atom. The number of benzene rings is 1. The second-order valence-electron chi connectivity index (χ2n) is 7.08. The van der Waals surface area contributed by atoms with Crippen molar-refractivity contribution in [2.75, 3.05) is 11.9 Å². The van der Waals surface area contributed by atoms with E-state index in [1.165, 1.54) is 56.1 Å². The van der Waals surface area contributed by atoms with Crippen molar-refractivity contribution in [2.45, 2.75) is 38.4 Å². The summed E-state index contributed by atoms with van der Waals surface area (Å²) in [6.45, 7) is 2.84. The Bertz CT molecular complexity index is 991. The van der Waals surface area contributed by atoms with E-state index in [1.54, 1.807) is 0 Å². The standard InChI is InChI=1S/C19H20F4N4O3/c1-10(17(28)27-9-15(11(27)2)30-19(21,22)23)24-16-8-14(18(29)26(3)25-16)12-4-6-13(20)7-5-12/h4-8,10-11,15H,9H2,1-3H3,(H,24,25)/t10-,11+,15+/m1/s1. The largest absolute Gasteiger partial charge is 0.522 e. The number of rotatable bonds is 5. The number of carbonyl (C=O) groups excluding carboxylic acids is 1. The van der Waals surface area contributed by atoms with E-state index in [-0.39, 0.29) is 17.9 Å². The molecule has 7 nitrogen and oxygen atoms in total. The zero-order valence-corrected chi connectivity index (χ0v) is 16.4. The average Bonchev–Trinajstić information content (AvgIpc) is 2.66. The maximum atomic E-state index is 13.2. The maximum absolute atomic E-state index is 13.2. The summed E-state index contributed by atoms with van der Waals surface area (Å²) in [6.07, 6.45) is -5.87. The number of aryl methyl sites for hydroxylation is 1. The SMILES string of the molecule is C[C@@H](Nc1cc(-c2ccc(F)cc2)c(=O)n(C)n1)C(=O)N1C[C@H](OC(F)(F)F)[C@@H]1C. The van der Waals surface area contributed by atoms with Crippen molar-refractivity contribution in [3.8, 4) is 11.1 Å². The summed E-state index contributed by atoms with van der Waals surface area (Å²) in [7, 11) is 1.43. The van der Waals surface area contributed by atoms with Gasteiger partial charge in [0.2, 0.25) is 5.91 Å². The van der Waals surface area contributed by atoms with Gasteiger partial charge >= 0.3 is 6.36 Å². The molecule has 1 aliphatic heterocycles. The Morgan fingerprint density at radius 3 is 2.50 bits per heavy atom. The molecule has 1 N–H and O–H groups in total. The lowest BCUT2D eigenvalue weighted by molar-refractivity contribution is -0.359. The molecule has 1 amide bonds. The summed E-state index contributed by atoms with van der Waals surface area (Å²) in [4.78, 5) is 26.2. The second-order valence-corrected chi connectivity index (χ2v) is 7.08. The number of anilines is 1. The van der Waals surface area contributed by atoms with Gasteiger partial charge in [-0.1, -0.05) is 12.1 Å². The molecule has 1 aromatic heterocycles. The van der Waals surface area contributed by atoms with E-state index < -0.39 is 41.8 Å². The van der Waals surface area contributed by atoms with Crippen LogP contribution in [-0.4, -0.2) is 51.7 Å². The third-order valence-electron chi connectivity index (χ3n) is 4.93. The van der Waals surface area contributed by atoms with Gasteiger partial charge in [-0.2, -0.15) is 5.10 Å². The number of hydrogen-bond donors (Lipinski definition) is 1. The summed E-state index contributed by atoms with van der Waals surface area (Å²) < 4.78 is 55.3. The van der Waals surface area contributed by atoms with Crippen molar-refractivity contribution >= 4 is 11.7 Å². The van der Waals surface area contributed by atoms with Crippen molar-refractivity contribution in [2.24, 2.45) is 7.05 Å². The van der Waals surface area contributed by atoms with Gasteiger partial charge in [-0.25, -0.2) is 9.07 Å². The van der Waals surface area contributed by atoms with E-state index in [9.17, 15) is 27.2 Å². The molecule has 1 saturated heterocycles. The molecule has 1 fully saturated rings. The van der Waals surface area contributed by atoms with Crippen LogP contribution in [0.1, 0.15) is 13.8 Å².